The smallest absolute Gasteiger partial charge is 0.252 e. The highest BCUT2D eigenvalue weighted by Crippen LogP contribution is 2.36. The van der Waals surface area contributed by atoms with Crippen LogP contribution < -0.4 is 5.73 Å². The van der Waals surface area contributed by atoms with Crippen LogP contribution in [0.3, 0.4) is 0 Å². The first-order valence-corrected chi connectivity index (χ1v) is 5.91. The van der Waals surface area contributed by atoms with Gasteiger partial charge in [0.25, 0.3) is 5.91 Å². The number of primary amides is 1. The van der Waals surface area contributed by atoms with E-state index in [1.54, 1.807) is 17.8 Å². The highest BCUT2D eigenvalue weighted by atomic mass is 35.5. The van der Waals surface area contributed by atoms with E-state index in [1.807, 2.05) is 0 Å². The van der Waals surface area contributed by atoms with Crippen molar-refractivity contribution in [1.29, 1.82) is 0 Å². The van der Waals surface area contributed by atoms with Gasteiger partial charge in [-0.25, -0.2) is 4.39 Å². The van der Waals surface area contributed by atoms with Gasteiger partial charge in [0.05, 0.1) is 10.6 Å². The molecule has 0 saturated heterocycles. The van der Waals surface area contributed by atoms with Crippen molar-refractivity contribution in [2.24, 2.45) is 5.73 Å². The van der Waals surface area contributed by atoms with E-state index < -0.39 is 11.7 Å². The average molecular weight is 246 g/mol. The molecular formula is C10H9ClFNOS. The molecule has 1 heterocycles. The van der Waals surface area contributed by atoms with E-state index in [2.05, 4.69) is 0 Å². The third-order valence-corrected chi connectivity index (χ3v) is 3.80. The molecule has 1 aliphatic rings. The molecule has 0 radical (unpaired) electrons. The number of halogens is 2. The summed E-state index contributed by atoms with van der Waals surface area (Å²) in [5.41, 5.74) is 5.83. The van der Waals surface area contributed by atoms with Crippen LogP contribution in [0.4, 0.5) is 4.39 Å². The maximum absolute atomic E-state index is 13.6. The number of thioether (sulfide) groups is 1. The minimum atomic E-state index is -0.742. The molecule has 0 saturated carbocycles. The van der Waals surface area contributed by atoms with Crippen LogP contribution in [0.2, 0.25) is 5.02 Å². The van der Waals surface area contributed by atoms with Crippen molar-refractivity contribution in [2.45, 2.75) is 17.7 Å². The zero-order valence-electron chi connectivity index (χ0n) is 7.85. The molecule has 0 spiro atoms. The van der Waals surface area contributed by atoms with E-state index in [0.29, 0.717) is 12.0 Å². The molecule has 0 aromatic heterocycles. The minimum Gasteiger partial charge on any atom is -0.365 e. The van der Waals surface area contributed by atoms with Crippen molar-refractivity contribution in [3.63, 3.8) is 0 Å². The van der Waals surface area contributed by atoms with Crippen LogP contribution >= 0.6 is 23.4 Å². The predicted octanol–water partition coefficient (Wildman–Crippen LogP) is 2.62. The number of benzene rings is 1. The summed E-state index contributed by atoms with van der Waals surface area (Å²) in [6.45, 7) is 0. The van der Waals surface area contributed by atoms with Gasteiger partial charge < -0.3 is 5.73 Å². The van der Waals surface area contributed by atoms with E-state index in [1.165, 1.54) is 0 Å². The topological polar surface area (TPSA) is 43.1 Å². The third-order valence-electron chi connectivity index (χ3n) is 2.36. The zero-order valence-corrected chi connectivity index (χ0v) is 9.42. The Hall–Kier alpha value is -0.740. The first kappa shape index (κ1) is 10.8. The van der Waals surface area contributed by atoms with Crippen LogP contribution in [-0.2, 0) is 6.42 Å². The maximum Gasteiger partial charge on any atom is 0.252 e. The molecule has 1 aromatic rings. The van der Waals surface area contributed by atoms with E-state index in [-0.39, 0.29) is 10.6 Å². The van der Waals surface area contributed by atoms with Crippen LogP contribution in [-0.4, -0.2) is 11.7 Å². The lowest BCUT2D eigenvalue weighted by molar-refractivity contribution is 0.0995. The number of nitrogens with two attached hydrogens (primary N) is 1. The molecule has 2 N–H and O–H groups in total. The molecule has 15 heavy (non-hydrogen) atoms. The SMILES string of the molecule is NC(=O)c1c(F)c(Cl)cc2c1CCCS2. The third kappa shape index (κ3) is 1.84. The molecule has 1 amide bonds. The Bertz CT molecular complexity index is 436. The Kier molecular flexibility index (Phi) is 2.89. The summed E-state index contributed by atoms with van der Waals surface area (Å²) >= 11 is 7.28. The normalized spacial score (nSPS) is 14.8. The number of hydrogen-bond donors (Lipinski definition) is 1. The van der Waals surface area contributed by atoms with Crippen LogP contribution in [0.5, 0.6) is 0 Å². The number of fused-ring (bicyclic) bond motifs is 1. The highest BCUT2D eigenvalue weighted by Gasteiger charge is 2.23. The summed E-state index contributed by atoms with van der Waals surface area (Å²) in [5, 5.41) is -0.0306. The zero-order chi connectivity index (χ0) is 11.0. The first-order chi connectivity index (χ1) is 7.11. The lowest BCUT2D eigenvalue weighted by atomic mass is 10.0. The Balaban J connectivity index is 2.68. The summed E-state index contributed by atoms with van der Waals surface area (Å²) in [5.74, 6) is -0.466. The fourth-order valence-electron chi connectivity index (χ4n) is 1.71. The summed E-state index contributed by atoms with van der Waals surface area (Å²) in [6.07, 6.45) is 1.62. The predicted molar refractivity (Wildman–Crippen MR) is 59.0 cm³/mol. The highest BCUT2D eigenvalue weighted by molar-refractivity contribution is 7.99. The van der Waals surface area contributed by atoms with E-state index in [9.17, 15) is 9.18 Å². The fraction of sp³-hybridized carbons (Fsp3) is 0.300. The Labute approximate surface area is 96.0 Å². The van der Waals surface area contributed by atoms with Crippen molar-refractivity contribution in [1.82, 2.24) is 0 Å². The monoisotopic (exact) mass is 245 g/mol. The van der Waals surface area contributed by atoms with Gasteiger partial charge >= 0.3 is 0 Å². The number of carbonyl (C=O) groups is 1. The molecule has 0 aliphatic carbocycles. The number of hydrogen-bond acceptors (Lipinski definition) is 2. The molecule has 1 aromatic carbocycles. The first-order valence-electron chi connectivity index (χ1n) is 4.54. The Morgan fingerprint density at radius 3 is 3.00 bits per heavy atom. The van der Waals surface area contributed by atoms with Crippen molar-refractivity contribution >= 4 is 29.3 Å². The van der Waals surface area contributed by atoms with Crippen molar-refractivity contribution < 1.29 is 9.18 Å². The second-order valence-electron chi connectivity index (χ2n) is 3.34. The minimum absolute atomic E-state index is 0.0306. The van der Waals surface area contributed by atoms with Gasteiger partial charge in [0.15, 0.2) is 5.82 Å². The molecule has 80 valence electrons. The van der Waals surface area contributed by atoms with Gasteiger partial charge in [0, 0.05) is 4.90 Å². The van der Waals surface area contributed by atoms with E-state index in [4.69, 9.17) is 17.3 Å². The van der Waals surface area contributed by atoms with E-state index in [0.717, 1.165) is 17.1 Å². The molecule has 0 unspecified atom stereocenters. The Morgan fingerprint density at radius 1 is 1.60 bits per heavy atom. The summed E-state index contributed by atoms with van der Waals surface area (Å²) in [6, 6.07) is 1.57. The van der Waals surface area contributed by atoms with Gasteiger partial charge in [0.2, 0.25) is 0 Å². The van der Waals surface area contributed by atoms with Crippen molar-refractivity contribution in [3.05, 3.63) is 28.0 Å². The average Bonchev–Trinajstić information content (AvgIpc) is 2.19. The van der Waals surface area contributed by atoms with Crippen LogP contribution in [0, 0.1) is 5.82 Å². The lowest BCUT2D eigenvalue weighted by Crippen LogP contribution is -2.18. The standard InChI is InChI=1S/C10H9ClFNOS/c11-6-4-7-5(2-1-3-15-7)8(9(6)12)10(13)14/h4H,1-3H2,(H2,13,14). The molecule has 0 bridgehead atoms. The van der Waals surface area contributed by atoms with Crippen LogP contribution in [0.25, 0.3) is 0 Å². The summed E-state index contributed by atoms with van der Waals surface area (Å²) in [4.78, 5) is 12.0. The second-order valence-corrected chi connectivity index (χ2v) is 4.88. The van der Waals surface area contributed by atoms with Crippen molar-refractivity contribution in [3.8, 4) is 0 Å². The number of rotatable bonds is 1. The molecule has 1 aliphatic heterocycles. The molecular weight excluding hydrogens is 237 g/mol. The lowest BCUT2D eigenvalue weighted by Gasteiger charge is -2.18. The van der Waals surface area contributed by atoms with Gasteiger partial charge in [-0.1, -0.05) is 11.6 Å². The molecule has 0 atom stereocenters. The molecule has 5 heteroatoms. The van der Waals surface area contributed by atoms with Crippen LogP contribution in [0.1, 0.15) is 22.3 Å². The maximum atomic E-state index is 13.6. The summed E-state index contributed by atoms with van der Waals surface area (Å²) in [7, 11) is 0. The fourth-order valence-corrected chi connectivity index (χ4v) is 3.06. The van der Waals surface area contributed by atoms with E-state index >= 15 is 0 Å². The molecule has 2 rings (SSSR count). The van der Waals surface area contributed by atoms with Gasteiger partial charge in [-0.05, 0) is 30.2 Å². The Morgan fingerprint density at radius 2 is 2.33 bits per heavy atom. The molecule has 0 fully saturated rings. The quantitative estimate of drug-likeness (QED) is 0.827. The van der Waals surface area contributed by atoms with Gasteiger partial charge in [-0.3, -0.25) is 4.79 Å². The van der Waals surface area contributed by atoms with Gasteiger partial charge in [-0.2, -0.15) is 0 Å². The largest absolute Gasteiger partial charge is 0.365 e. The van der Waals surface area contributed by atoms with Crippen molar-refractivity contribution in [2.75, 3.05) is 5.75 Å². The van der Waals surface area contributed by atoms with Crippen LogP contribution in [0.15, 0.2) is 11.0 Å². The second kappa shape index (κ2) is 4.02. The molecule has 2 nitrogen and oxygen atoms in total. The number of amides is 1. The van der Waals surface area contributed by atoms with Gasteiger partial charge in [0.1, 0.15) is 0 Å². The number of carbonyl (C=O) groups excluding carboxylic acids is 1. The summed E-state index contributed by atoms with van der Waals surface area (Å²) < 4.78 is 13.6. The van der Waals surface area contributed by atoms with Gasteiger partial charge in [-0.15, -0.1) is 11.8 Å².